The second kappa shape index (κ2) is 5.87. The molecule has 1 aromatic carbocycles. The van der Waals surface area contributed by atoms with Crippen molar-refractivity contribution in [2.24, 2.45) is 5.92 Å². The van der Waals surface area contributed by atoms with Crippen LogP contribution < -0.4 is 10.1 Å². The maximum absolute atomic E-state index is 11.8. The van der Waals surface area contributed by atoms with Crippen molar-refractivity contribution in [2.75, 3.05) is 27.3 Å². The van der Waals surface area contributed by atoms with Crippen LogP contribution in [0.25, 0.3) is 0 Å². The van der Waals surface area contributed by atoms with Gasteiger partial charge in [0.2, 0.25) is 0 Å². The Morgan fingerprint density at radius 3 is 2.94 bits per heavy atom. The standard InChI is InChI=1S/C14H19NO3/c1-17-11-5-3-4-10(8-11)12-6-7-15-9-13(12)14(16)18-2/h3-5,8,12-13,15H,6-7,9H2,1-2H3/t12-,13+/m0/s1. The number of nitrogens with one attached hydrogen (secondary N) is 1. The van der Waals surface area contributed by atoms with E-state index in [1.54, 1.807) is 7.11 Å². The van der Waals surface area contributed by atoms with Crippen LogP contribution in [-0.4, -0.2) is 33.3 Å². The first-order chi connectivity index (χ1) is 8.76. The van der Waals surface area contributed by atoms with Gasteiger partial charge in [-0.3, -0.25) is 4.79 Å². The van der Waals surface area contributed by atoms with Gasteiger partial charge in [-0.15, -0.1) is 0 Å². The van der Waals surface area contributed by atoms with Gasteiger partial charge in [-0.2, -0.15) is 0 Å². The summed E-state index contributed by atoms with van der Waals surface area (Å²) in [6, 6.07) is 7.93. The van der Waals surface area contributed by atoms with E-state index in [9.17, 15) is 4.79 Å². The Labute approximate surface area is 107 Å². The zero-order chi connectivity index (χ0) is 13.0. The van der Waals surface area contributed by atoms with Crippen LogP contribution in [0.2, 0.25) is 0 Å². The first kappa shape index (κ1) is 12.9. The van der Waals surface area contributed by atoms with Gasteiger partial charge in [-0.05, 0) is 36.6 Å². The molecule has 4 heteroatoms. The van der Waals surface area contributed by atoms with Crippen LogP contribution in [0.15, 0.2) is 24.3 Å². The summed E-state index contributed by atoms with van der Waals surface area (Å²) in [4.78, 5) is 11.8. The maximum Gasteiger partial charge on any atom is 0.310 e. The Hall–Kier alpha value is -1.55. The summed E-state index contributed by atoms with van der Waals surface area (Å²) < 4.78 is 10.1. The van der Waals surface area contributed by atoms with E-state index < -0.39 is 0 Å². The van der Waals surface area contributed by atoms with Gasteiger partial charge in [-0.1, -0.05) is 12.1 Å². The third-order valence-corrected chi connectivity index (χ3v) is 3.51. The molecule has 2 rings (SSSR count). The Morgan fingerprint density at radius 1 is 1.39 bits per heavy atom. The number of piperidine rings is 1. The number of ether oxygens (including phenoxy) is 2. The maximum atomic E-state index is 11.8. The van der Waals surface area contributed by atoms with Gasteiger partial charge < -0.3 is 14.8 Å². The lowest BCUT2D eigenvalue weighted by Gasteiger charge is -2.30. The quantitative estimate of drug-likeness (QED) is 0.826. The average Bonchev–Trinajstić information content (AvgIpc) is 2.46. The summed E-state index contributed by atoms with van der Waals surface area (Å²) >= 11 is 0. The Bertz CT molecular complexity index is 419. The molecule has 1 N–H and O–H groups in total. The van der Waals surface area contributed by atoms with Crippen molar-refractivity contribution in [3.63, 3.8) is 0 Å². The fourth-order valence-electron chi connectivity index (χ4n) is 2.53. The molecule has 1 aliphatic heterocycles. The van der Waals surface area contributed by atoms with Crippen LogP contribution in [0.4, 0.5) is 0 Å². The minimum absolute atomic E-state index is 0.115. The van der Waals surface area contributed by atoms with Crippen LogP contribution in [-0.2, 0) is 9.53 Å². The number of benzene rings is 1. The van der Waals surface area contributed by atoms with Crippen molar-refractivity contribution in [2.45, 2.75) is 12.3 Å². The molecule has 0 bridgehead atoms. The van der Waals surface area contributed by atoms with E-state index in [0.717, 1.165) is 24.3 Å². The lowest BCUT2D eigenvalue weighted by Crippen LogP contribution is -2.40. The first-order valence-corrected chi connectivity index (χ1v) is 6.18. The number of esters is 1. The highest BCUT2D eigenvalue weighted by molar-refractivity contribution is 5.74. The minimum atomic E-state index is -0.144. The summed E-state index contributed by atoms with van der Waals surface area (Å²) in [6.45, 7) is 1.60. The number of methoxy groups -OCH3 is 2. The van der Waals surface area contributed by atoms with E-state index in [1.807, 2.05) is 18.2 Å². The summed E-state index contributed by atoms with van der Waals surface area (Å²) in [6.07, 6.45) is 0.937. The smallest absolute Gasteiger partial charge is 0.310 e. The van der Waals surface area contributed by atoms with Gasteiger partial charge in [0.25, 0.3) is 0 Å². The van der Waals surface area contributed by atoms with E-state index in [2.05, 4.69) is 11.4 Å². The van der Waals surface area contributed by atoms with Gasteiger partial charge in [0, 0.05) is 6.54 Å². The third kappa shape index (κ3) is 2.64. The Morgan fingerprint density at radius 2 is 2.22 bits per heavy atom. The van der Waals surface area contributed by atoms with Crippen LogP contribution in [0, 0.1) is 5.92 Å². The lowest BCUT2D eigenvalue weighted by atomic mass is 9.81. The van der Waals surface area contributed by atoms with E-state index in [-0.39, 0.29) is 17.8 Å². The van der Waals surface area contributed by atoms with Crippen LogP contribution in [0.1, 0.15) is 17.9 Å². The normalized spacial score (nSPS) is 23.4. The Balaban J connectivity index is 2.24. The molecule has 1 fully saturated rings. The highest BCUT2D eigenvalue weighted by Gasteiger charge is 2.32. The fraction of sp³-hybridized carbons (Fsp3) is 0.500. The van der Waals surface area contributed by atoms with Gasteiger partial charge >= 0.3 is 5.97 Å². The van der Waals surface area contributed by atoms with Crippen molar-refractivity contribution in [1.82, 2.24) is 5.32 Å². The zero-order valence-electron chi connectivity index (χ0n) is 10.8. The molecule has 98 valence electrons. The van der Waals surface area contributed by atoms with Crippen molar-refractivity contribution in [3.8, 4) is 5.75 Å². The molecule has 1 aromatic rings. The molecule has 4 nitrogen and oxygen atoms in total. The average molecular weight is 249 g/mol. The first-order valence-electron chi connectivity index (χ1n) is 6.18. The van der Waals surface area contributed by atoms with E-state index in [0.29, 0.717) is 6.54 Å². The SMILES string of the molecule is COC(=O)[C@@H]1CNCC[C@H]1c1cccc(OC)c1. The molecular formula is C14H19NO3. The van der Waals surface area contributed by atoms with Gasteiger partial charge in [0.05, 0.1) is 20.1 Å². The molecule has 1 saturated heterocycles. The topological polar surface area (TPSA) is 47.6 Å². The predicted octanol–water partition coefficient (Wildman–Crippen LogP) is 1.56. The third-order valence-electron chi connectivity index (χ3n) is 3.51. The Kier molecular flexibility index (Phi) is 4.20. The molecule has 0 unspecified atom stereocenters. The molecule has 0 aromatic heterocycles. The lowest BCUT2D eigenvalue weighted by molar-refractivity contribution is -0.146. The second-order valence-corrected chi connectivity index (χ2v) is 4.51. The minimum Gasteiger partial charge on any atom is -0.497 e. The molecular weight excluding hydrogens is 230 g/mol. The summed E-state index contributed by atoms with van der Waals surface area (Å²) in [5.41, 5.74) is 1.14. The van der Waals surface area contributed by atoms with Crippen molar-refractivity contribution < 1.29 is 14.3 Å². The molecule has 0 spiro atoms. The zero-order valence-corrected chi connectivity index (χ0v) is 10.8. The van der Waals surface area contributed by atoms with Crippen molar-refractivity contribution in [1.29, 1.82) is 0 Å². The molecule has 1 aliphatic rings. The summed E-state index contributed by atoms with van der Waals surface area (Å²) in [7, 11) is 3.10. The van der Waals surface area contributed by atoms with Crippen LogP contribution >= 0.6 is 0 Å². The van der Waals surface area contributed by atoms with Crippen molar-refractivity contribution >= 4 is 5.97 Å². The molecule has 0 amide bonds. The largest absolute Gasteiger partial charge is 0.497 e. The van der Waals surface area contributed by atoms with Crippen LogP contribution in [0.5, 0.6) is 5.75 Å². The van der Waals surface area contributed by atoms with E-state index in [4.69, 9.17) is 9.47 Å². The number of hydrogen-bond donors (Lipinski definition) is 1. The summed E-state index contributed by atoms with van der Waals surface area (Å²) in [5, 5.41) is 3.25. The van der Waals surface area contributed by atoms with Crippen molar-refractivity contribution in [3.05, 3.63) is 29.8 Å². The molecule has 1 heterocycles. The van der Waals surface area contributed by atoms with Gasteiger partial charge in [-0.25, -0.2) is 0 Å². The van der Waals surface area contributed by atoms with Gasteiger partial charge in [0.1, 0.15) is 5.75 Å². The highest BCUT2D eigenvalue weighted by atomic mass is 16.5. The predicted molar refractivity (Wildman–Crippen MR) is 68.7 cm³/mol. The fourth-order valence-corrected chi connectivity index (χ4v) is 2.53. The number of rotatable bonds is 3. The second-order valence-electron chi connectivity index (χ2n) is 4.51. The van der Waals surface area contributed by atoms with E-state index >= 15 is 0 Å². The molecule has 0 aliphatic carbocycles. The number of carbonyl (C=O) groups is 1. The molecule has 2 atom stereocenters. The number of carbonyl (C=O) groups excluding carboxylic acids is 1. The summed E-state index contributed by atoms with van der Waals surface area (Å²) in [5.74, 6) is 0.773. The molecule has 0 saturated carbocycles. The molecule has 0 radical (unpaired) electrons. The van der Waals surface area contributed by atoms with E-state index in [1.165, 1.54) is 7.11 Å². The monoisotopic (exact) mass is 249 g/mol. The highest BCUT2D eigenvalue weighted by Crippen LogP contribution is 2.32. The van der Waals surface area contributed by atoms with Crippen LogP contribution in [0.3, 0.4) is 0 Å². The van der Waals surface area contributed by atoms with Gasteiger partial charge in [0.15, 0.2) is 0 Å². The molecule has 18 heavy (non-hydrogen) atoms. The number of hydrogen-bond acceptors (Lipinski definition) is 4.